The van der Waals surface area contributed by atoms with Crippen LogP contribution in [0.25, 0.3) is 0 Å². The number of hydrogen-bond donors (Lipinski definition) is 1. The largest absolute Gasteiger partial charge is 0.459 e. The fraction of sp³-hybridized carbons (Fsp3) is 0.389. The molecule has 6 nitrogen and oxygen atoms in total. The number of hydrogen-bond acceptors (Lipinski definition) is 4. The molecular weight excluding hydrogens is 306 g/mol. The van der Waals surface area contributed by atoms with Crippen molar-refractivity contribution in [1.29, 1.82) is 0 Å². The summed E-state index contributed by atoms with van der Waals surface area (Å²) in [6.07, 6.45) is 4.53. The summed E-state index contributed by atoms with van der Waals surface area (Å²) < 4.78 is 5.15. The zero-order chi connectivity index (χ0) is 16.9. The van der Waals surface area contributed by atoms with Crippen molar-refractivity contribution in [2.45, 2.75) is 25.8 Å². The summed E-state index contributed by atoms with van der Waals surface area (Å²) in [6, 6.07) is 8.90. The van der Waals surface area contributed by atoms with Crippen LogP contribution in [0.5, 0.6) is 0 Å². The second kappa shape index (κ2) is 7.29. The Labute approximate surface area is 140 Å². The van der Waals surface area contributed by atoms with Crippen LogP contribution in [-0.2, 0) is 4.79 Å². The van der Waals surface area contributed by atoms with E-state index in [1.807, 2.05) is 25.1 Å². The first kappa shape index (κ1) is 16.2. The number of nitrogens with one attached hydrogen (secondary N) is 1. The Morgan fingerprint density at radius 3 is 2.67 bits per heavy atom. The maximum atomic E-state index is 12.4. The van der Waals surface area contributed by atoms with Gasteiger partial charge in [-0.25, -0.2) is 0 Å². The molecule has 6 heteroatoms. The monoisotopic (exact) mass is 327 g/mol. The molecule has 2 amide bonds. The van der Waals surface area contributed by atoms with Crippen molar-refractivity contribution in [3.8, 4) is 0 Å². The highest BCUT2D eigenvalue weighted by Gasteiger charge is 2.29. The molecule has 0 bridgehead atoms. The second-order valence-corrected chi connectivity index (χ2v) is 6.03. The van der Waals surface area contributed by atoms with Gasteiger partial charge in [0.1, 0.15) is 0 Å². The second-order valence-electron chi connectivity index (χ2n) is 6.03. The summed E-state index contributed by atoms with van der Waals surface area (Å²) in [5.41, 5.74) is 0.844. The number of piperidine rings is 1. The van der Waals surface area contributed by atoms with Crippen LogP contribution >= 0.6 is 0 Å². The lowest BCUT2D eigenvalue weighted by molar-refractivity contribution is -0.127. The predicted molar refractivity (Wildman–Crippen MR) is 88.1 cm³/mol. The van der Waals surface area contributed by atoms with E-state index in [2.05, 4.69) is 10.3 Å². The molecule has 1 aliphatic rings. The molecule has 2 aromatic rings. The van der Waals surface area contributed by atoms with Crippen molar-refractivity contribution in [2.24, 2.45) is 5.92 Å². The average molecular weight is 327 g/mol. The Balaban J connectivity index is 1.51. The van der Waals surface area contributed by atoms with E-state index in [1.54, 1.807) is 23.2 Å². The Morgan fingerprint density at radius 1 is 1.25 bits per heavy atom. The van der Waals surface area contributed by atoms with Gasteiger partial charge in [0.25, 0.3) is 5.91 Å². The Kier molecular flexibility index (Phi) is 4.93. The topological polar surface area (TPSA) is 75.4 Å². The minimum Gasteiger partial charge on any atom is -0.459 e. The number of rotatable bonds is 4. The summed E-state index contributed by atoms with van der Waals surface area (Å²) in [7, 11) is 0. The number of nitrogens with zero attached hydrogens (tertiary/aromatic N) is 2. The van der Waals surface area contributed by atoms with Crippen LogP contribution < -0.4 is 5.32 Å². The number of carbonyl (C=O) groups is 2. The number of aromatic nitrogens is 1. The maximum Gasteiger partial charge on any atom is 0.289 e. The first-order chi connectivity index (χ1) is 11.6. The van der Waals surface area contributed by atoms with Gasteiger partial charge in [-0.1, -0.05) is 6.07 Å². The van der Waals surface area contributed by atoms with Gasteiger partial charge >= 0.3 is 0 Å². The van der Waals surface area contributed by atoms with Crippen LogP contribution in [0, 0.1) is 5.92 Å². The molecule has 126 valence electrons. The van der Waals surface area contributed by atoms with Gasteiger partial charge in [-0.3, -0.25) is 14.6 Å². The zero-order valence-corrected chi connectivity index (χ0v) is 13.6. The van der Waals surface area contributed by atoms with Crippen molar-refractivity contribution in [1.82, 2.24) is 15.2 Å². The van der Waals surface area contributed by atoms with Crippen molar-refractivity contribution < 1.29 is 14.0 Å². The molecule has 2 aromatic heterocycles. The van der Waals surface area contributed by atoms with Crippen LogP contribution in [0.2, 0.25) is 0 Å². The molecule has 1 fully saturated rings. The van der Waals surface area contributed by atoms with Gasteiger partial charge in [0.2, 0.25) is 5.91 Å². The summed E-state index contributed by atoms with van der Waals surface area (Å²) in [6.45, 7) is 3.06. The minimum atomic E-state index is -0.124. The predicted octanol–water partition coefficient (Wildman–Crippen LogP) is 2.40. The van der Waals surface area contributed by atoms with E-state index >= 15 is 0 Å². The lowest BCUT2D eigenvalue weighted by Gasteiger charge is -2.31. The zero-order valence-electron chi connectivity index (χ0n) is 13.6. The Hall–Kier alpha value is -2.63. The van der Waals surface area contributed by atoms with E-state index < -0.39 is 0 Å². The van der Waals surface area contributed by atoms with E-state index in [0.29, 0.717) is 31.7 Å². The first-order valence-electron chi connectivity index (χ1n) is 8.19. The van der Waals surface area contributed by atoms with E-state index in [9.17, 15) is 9.59 Å². The number of pyridine rings is 1. The molecule has 0 aromatic carbocycles. The third-order valence-corrected chi connectivity index (χ3v) is 4.38. The van der Waals surface area contributed by atoms with Crippen LogP contribution in [-0.4, -0.2) is 34.8 Å². The third-order valence-electron chi connectivity index (χ3n) is 4.38. The van der Waals surface area contributed by atoms with E-state index in [-0.39, 0.29) is 23.8 Å². The van der Waals surface area contributed by atoms with Crippen molar-refractivity contribution in [3.05, 3.63) is 54.2 Å². The summed E-state index contributed by atoms with van der Waals surface area (Å²) in [5.74, 6) is 0.192. The van der Waals surface area contributed by atoms with Gasteiger partial charge in [-0.15, -0.1) is 0 Å². The number of likely N-dealkylation sites (tertiary alicyclic amines) is 1. The molecule has 3 rings (SSSR count). The smallest absolute Gasteiger partial charge is 0.289 e. The molecule has 0 aliphatic carbocycles. The number of furan rings is 1. The molecule has 0 saturated carbocycles. The summed E-state index contributed by atoms with van der Waals surface area (Å²) >= 11 is 0. The van der Waals surface area contributed by atoms with Crippen molar-refractivity contribution in [2.75, 3.05) is 13.1 Å². The van der Waals surface area contributed by atoms with Crippen LogP contribution in [0.15, 0.2) is 47.2 Å². The van der Waals surface area contributed by atoms with E-state index in [0.717, 1.165) is 5.69 Å². The number of carbonyl (C=O) groups excluding carboxylic acids is 2. The first-order valence-corrected chi connectivity index (χ1v) is 8.19. The Morgan fingerprint density at radius 2 is 2.04 bits per heavy atom. The van der Waals surface area contributed by atoms with Crippen LogP contribution in [0.3, 0.4) is 0 Å². The van der Waals surface area contributed by atoms with Gasteiger partial charge in [-0.2, -0.15) is 0 Å². The molecule has 24 heavy (non-hydrogen) atoms. The molecular formula is C18H21N3O3. The minimum absolute atomic E-state index is 0.0262. The molecule has 1 N–H and O–H groups in total. The molecule has 0 spiro atoms. The van der Waals surface area contributed by atoms with Gasteiger partial charge in [-0.05, 0) is 44.0 Å². The summed E-state index contributed by atoms with van der Waals surface area (Å²) in [4.78, 5) is 30.7. The lowest BCUT2D eigenvalue weighted by atomic mass is 9.95. The average Bonchev–Trinajstić information content (AvgIpc) is 3.16. The van der Waals surface area contributed by atoms with E-state index in [4.69, 9.17) is 4.42 Å². The number of amides is 2. The fourth-order valence-corrected chi connectivity index (χ4v) is 2.94. The Bertz CT molecular complexity index is 677. The standard InChI is InChI=1S/C18H21N3O3/c1-13(15-5-2-3-9-19-15)20-17(22)14-7-10-21(11-8-14)18(23)16-6-4-12-24-16/h2-6,9,12-14H,7-8,10-11H2,1H3,(H,20,22). The molecule has 0 radical (unpaired) electrons. The molecule has 1 atom stereocenters. The van der Waals surface area contributed by atoms with Crippen molar-refractivity contribution >= 4 is 11.8 Å². The van der Waals surface area contributed by atoms with Crippen LogP contribution in [0.4, 0.5) is 0 Å². The fourth-order valence-electron chi connectivity index (χ4n) is 2.94. The molecule has 1 aliphatic heterocycles. The lowest BCUT2D eigenvalue weighted by Crippen LogP contribution is -2.43. The normalized spacial score (nSPS) is 16.6. The highest BCUT2D eigenvalue weighted by Crippen LogP contribution is 2.20. The molecule has 1 saturated heterocycles. The molecule has 3 heterocycles. The quantitative estimate of drug-likeness (QED) is 0.935. The summed E-state index contributed by atoms with van der Waals surface area (Å²) in [5, 5.41) is 3.01. The van der Waals surface area contributed by atoms with Gasteiger partial charge < -0.3 is 14.6 Å². The van der Waals surface area contributed by atoms with E-state index in [1.165, 1.54) is 6.26 Å². The van der Waals surface area contributed by atoms with Gasteiger partial charge in [0.15, 0.2) is 5.76 Å². The molecule has 1 unspecified atom stereocenters. The van der Waals surface area contributed by atoms with Gasteiger partial charge in [0, 0.05) is 25.2 Å². The van der Waals surface area contributed by atoms with Gasteiger partial charge in [0.05, 0.1) is 18.0 Å². The maximum absolute atomic E-state index is 12.4. The SMILES string of the molecule is CC(NC(=O)C1CCN(C(=O)c2ccco2)CC1)c1ccccn1. The highest BCUT2D eigenvalue weighted by atomic mass is 16.3. The van der Waals surface area contributed by atoms with Crippen molar-refractivity contribution in [3.63, 3.8) is 0 Å². The van der Waals surface area contributed by atoms with Crippen LogP contribution in [0.1, 0.15) is 42.1 Å². The third kappa shape index (κ3) is 3.64. The highest BCUT2D eigenvalue weighted by molar-refractivity contribution is 5.91.